The van der Waals surface area contributed by atoms with Crippen LogP contribution in [0.15, 0.2) is 36.7 Å². The third-order valence-electron chi connectivity index (χ3n) is 2.80. The van der Waals surface area contributed by atoms with Crippen molar-refractivity contribution in [3.63, 3.8) is 0 Å². The van der Waals surface area contributed by atoms with Gasteiger partial charge in [0.2, 0.25) is 0 Å². The van der Waals surface area contributed by atoms with Crippen molar-refractivity contribution < 1.29 is 4.39 Å². The zero-order valence-electron chi connectivity index (χ0n) is 12.1. The molecule has 0 amide bonds. The van der Waals surface area contributed by atoms with E-state index in [1.54, 1.807) is 16.9 Å². The molecule has 112 valence electrons. The molecule has 0 aliphatic carbocycles. The van der Waals surface area contributed by atoms with E-state index >= 15 is 0 Å². The van der Waals surface area contributed by atoms with E-state index in [2.05, 4.69) is 29.6 Å². The van der Waals surface area contributed by atoms with Crippen LogP contribution in [0.5, 0.6) is 0 Å². The molecule has 0 unspecified atom stereocenters. The maximum atomic E-state index is 13.1. The summed E-state index contributed by atoms with van der Waals surface area (Å²) in [4.78, 5) is 0. The zero-order valence-corrected chi connectivity index (χ0v) is 13.0. The summed E-state index contributed by atoms with van der Waals surface area (Å²) < 4.78 is 14.9. The monoisotopic (exact) mass is 306 g/mol. The second-order valence-electron chi connectivity index (χ2n) is 5.29. The average molecular weight is 306 g/mol. The van der Waals surface area contributed by atoms with E-state index in [0.717, 1.165) is 17.8 Å². The van der Waals surface area contributed by atoms with Crippen molar-refractivity contribution in [2.24, 2.45) is 5.92 Å². The summed E-state index contributed by atoms with van der Waals surface area (Å²) in [5.74, 6) is 0.289. The highest BCUT2D eigenvalue weighted by Gasteiger charge is 2.03. The number of thiocarbonyl (C=S) groups is 1. The van der Waals surface area contributed by atoms with Crippen LogP contribution in [-0.4, -0.2) is 21.4 Å². The van der Waals surface area contributed by atoms with Gasteiger partial charge in [0.05, 0.1) is 18.4 Å². The summed E-state index contributed by atoms with van der Waals surface area (Å²) in [6, 6.07) is 6.49. The predicted molar refractivity (Wildman–Crippen MR) is 86.8 cm³/mol. The number of benzene rings is 1. The SMILES string of the molecule is CC(C)CNC(=S)Nc1cnn(Cc2cccc(F)c2)c1. The second kappa shape index (κ2) is 7.17. The molecule has 0 radical (unpaired) electrons. The number of nitrogens with zero attached hydrogens (tertiary/aromatic N) is 2. The van der Waals surface area contributed by atoms with Crippen LogP contribution in [0.2, 0.25) is 0 Å². The molecule has 0 saturated carbocycles. The molecule has 2 N–H and O–H groups in total. The minimum Gasteiger partial charge on any atom is -0.362 e. The van der Waals surface area contributed by atoms with Gasteiger partial charge in [-0.05, 0) is 35.8 Å². The Hall–Kier alpha value is -1.95. The summed E-state index contributed by atoms with van der Waals surface area (Å²) in [5, 5.41) is 11.0. The zero-order chi connectivity index (χ0) is 15.2. The van der Waals surface area contributed by atoms with E-state index in [0.29, 0.717) is 17.6 Å². The fourth-order valence-electron chi connectivity index (χ4n) is 1.81. The van der Waals surface area contributed by atoms with Gasteiger partial charge >= 0.3 is 0 Å². The average Bonchev–Trinajstić information content (AvgIpc) is 2.83. The standard InChI is InChI=1S/C15H19FN4S/c1-11(2)7-17-15(21)19-14-8-18-20(10-14)9-12-4-3-5-13(16)6-12/h3-6,8,10-11H,7,9H2,1-2H3,(H2,17,19,21). The summed E-state index contributed by atoms with van der Waals surface area (Å²) in [7, 11) is 0. The minimum atomic E-state index is -0.239. The highest BCUT2D eigenvalue weighted by molar-refractivity contribution is 7.80. The van der Waals surface area contributed by atoms with Crippen LogP contribution in [0, 0.1) is 11.7 Å². The lowest BCUT2D eigenvalue weighted by atomic mass is 10.2. The number of halogens is 1. The largest absolute Gasteiger partial charge is 0.362 e. The van der Waals surface area contributed by atoms with Crippen LogP contribution in [-0.2, 0) is 6.54 Å². The topological polar surface area (TPSA) is 41.9 Å². The molecular formula is C15H19FN4S. The molecule has 1 aromatic heterocycles. The van der Waals surface area contributed by atoms with Gasteiger partial charge in [-0.3, -0.25) is 4.68 Å². The lowest BCUT2D eigenvalue weighted by Gasteiger charge is -2.10. The van der Waals surface area contributed by atoms with Crippen LogP contribution in [0.3, 0.4) is 0 Å². The van der Waals surface area contributed by atoms with E-state index in [-0.39, 0.29) is 5.82 Å². The Morgan fingerprint density at radius 3 is 2.95 bits per heavy atom. The molecule has 2 aromatic rings. The van der Waals surface area contributed by atoms with Crippen molar-refractivity contribution in [3.8, 4) is 0 Å². The van der Waals surface area contributed by atoms with Crippen molar-refractivity contribution in [1.29, 1.82) is 0 Å². The smallest absolute Gasteiger partial charge is 0.170 e. The van der Waals surface area contributed by atoms with Gasteiger partial charge < -0.3 is 10.6 Å². The molecular weight excluding hydrogens is 287 g/mol. The van der Waals surface area contributed by atoms with Crippen molar-refractivity contribution >= 4 is 23.0 Å². The fraction of sp³-hybridized carbons (Fsp3) is 0.333. The third-order valence-corrected chi connectivity index (χ3v) is 3.04. The lowest BCUT2D eigenvalue weighted by molar-refractivity contribution is 0.619. The molecule has 0 spiro atoms. The normalized spacial score (nSPS) is 10.7. The van der Waals surface area contributed by atoms with Crippen LogP contribution < -0.4 is 10.6 Å². The maximum absolute atomic E-state index is 13.1. The Labute approximate surface area is 129 Å². The molecule has 0 bridgehead atoms. The van der Waals surface area contributed by atoms with Crippen LogP contribution in [0.25, 0.3) is 0 Å². The van der Waals surface area contributed by atoms with E-state index in [9.17, 15) is 4.39 Å². The first-order chi connectivity index (χ1) is 10.0. The predicted octanol–water partition coefficient (Wildman–Crippen LogP) is 3.01. The van der Waals surface area contributed by atoms with E-state index in [1.165, 1.54) is 12.1 Å². The Bertz CT molecular complexity index is 609. The van der Waals surface area contributed by atoms with Gasteiger partial charge in [-0.2, -0.15) is 5.10 Å². The first-order valence-corrected chi connectivity index (χ1v) is 7.25. The Kier molecular flexibility index (Phi) is 5.27. The first kappa shape index (κ1) is 15.4. The number of anilines is 1. The Morgan fingerprint density at radius 1 is 1.43 bits per heavy atom. The van der Waals surface area contributed by atoms with E-state index in [4.69, 9.17) is 12.2 Å². The van der Waals surface area contributed by atoms with Crippen molar-refractivity contribution in [1.82, 2.24) is 15.1 Å². The van der Waals surface area contributed by atoms with Gasteiger partial charge in [0.25, 0.3) is 0 Å². The lowest BCUT2D eigenvalue weighted by Crippen LogP contribution is -2.31. The highest BCUT2D eigenvalue weighted by atomic mass is 32.1. The molecule has 21 heavy (non-hydrogen) atoms. The van der Waals surface area contributed by atoms with Crippen LogP contribution in [0.4, 0.5) is 10.1 Å². The molecule has 0 atom stereocenters. The maximum Gasteiger partial charge on any atom is 0.170 e. The molecule has 4 nitrogen and oxygen atoms in total. The molecule has 1 heterocycles. The number of nitrogens with one attached hydrogen (secondary N) is 2. The first-order valence-electron chi connectivity index (χ1n) is 6.84. The van der Waals surface area contributed by atoms with Crippen molar-refractivity contribution in [2.45, 2.75) is 20.4 Å². The van der Waals surface area contributed by atoms with Gasteiger partial charge in [0.15, 0.2) is 5.11 Å². The summed E-state index contributed by atoms with van der Waals surface area (Å²) in [5.41, 5.74) is 1.68. The quantitative estimate of drug-likeness (QED) is 0.833. The second-order valence-corrected chi connectivity index (χ2v) is 5.69. The third kappa shape index (κ3) is 5.15. The number of hydrogen-bond donors (Lipinski definition) is 2. The summed E-state index contributed by atoms with van der Waals surface area (Å²) in [6.45, 7) is 5.58. The number of aromatic nitrogens is 2. The summed E-state index contributed by atoms with van der Waals surface area (Å²) in [6.07, 6.45) is 3.54. The van der Waals surface area contributed by atoms with Gasteiger partial charge in [-0.25, -0.2) is 4.39 Å². The minimum absolute atomic E-state index is 0.239. The Morgan fingerprint density at radius 2 is 2.24 bits per heavy atom. The van der Waals surface area contributed by atoms with Crippen LogP contribution >= 0.6 is 12.2 Å². The van der Waals surface area contributed by atoms with Crippen molar-refractivity contribution in [3.05, 3.63) is 48.0 Å². The van der Waals surface area contributed by atoms with E-state index in [1.807, 2.05) is 12.3 Å². The van der Waals surface area contributed by atoms with E-state index < -0.39 is 0 Å². The summed E-state index contributed by atoms with van der Waals surface area (Å²) >= 11 is 5.20. The van der Waals surface area contributed by atoms with Gasteiger partial charge in [-0.15, -0.1) is 0 Å². The molecule has 0 aliphatic heterocycles. The molecule has 0 saturated heterocycles. The fourth-order valence-corrected chi connectivity index (χ4v) is 2.01. The molecule has 1 aromatic carbocycles. The van der Waals surface area contributed by atoms with Gasteiger partial charge in [0.1, 0.15) is 5.82 Å². The molecule has 0 fully saturated rings. The molecule has 0 aliphatic rings. The number of hydrogen-bond acceptors (Lipinski definition) is 2. The van der Waals surface area contributed by atoms with Crippen molar-refractivity contribution in [2.75, 3.05) is 11.9 Å². The van der Waals surface area contributed by atoms with Crippen LogP contribution in [0.1, 0.15) is 19.4 Å². The van der Waals surface area contributed by atoms with Gasteiger partial charge in [0, 0.05) is 12.7 Å². The Balaban J connectivity index is 1.91. The highest BCUT2D eigenvalue weighted by Crippen LogP contribution is 2.09. The number of rotatable bonds is 5. The molecule has 2 rings (SSSR count). The molecule has 6 heteroatoms. The van der Waals surface area contributed by atoms with Gasteiger partial charge in [-0.1, -0.05) is 26.0 Å².